The topological polar surface area (TPSA) is 32.3 Å². The second kappa shape index (κ2) is 6.93. The van der Waals surface area contributed by atoms with Crippen molar-refractivity contribution in [1.29, 1.82) is 0 Å². The van der Waals surface area contributed by atoms with Crippen molar-refractivity contribution in [2.24, 2.45) is 11.3 Å². The summed E-state index contributed by atoms with van der Waals surface area (Å²) < 4.78 is 0. The molecular weight excluding hydrogens is 248 g/mol. The Balaban J connectivity index is 2.01. The van der Waals surface area contributed by atoms with Gasteiger partial charge in [0.05, 0.1) is 0 Å². The average molecular weight is 280 g/mol. The molecule has 2 aliphatic rings. The van der Waals surface area contributed by atoms with Crippen LogP contribution in [-0.2, 0) is 4.79 Å². The summed E-state index contributed by atoms with van der Waals surface area (Å²) in [5.74, 6) is 0.662. The SMILES string of the molecule is CCCN(CC1CCCN1)C(=O)C1CCCCC1(C)C. The second-order valence-corrected chi connectivity index (χ2v) is 7.36. The lowest BCUT2D eigenvalue weighted by molar-refractivity contribution is -0.141. The molecule has 2 unspecified atom stereocenters. The van der Waals surface area contributed by atoms with E-state index in [1.165, 1.54) is 32.1 Å². The van der Waals surface area contributed by atoms with Crippen LogP contribution < -0.4 is 5.32 Å². The van der Waals surface area contributed by atoms with Crippen molar-refractivity contribution >= 4 is 5.91 Å². The van der Waals surface area contributed by atoms with Gasteiger partial charge in [-0.15, -0.1) is 0 Å². The molecule has 0 radical (unpaired) electrons. The van der Waals surface area contributed by atoms with E-state index in [4.69, 9.17) is 0 Å². The van der Waals surface area contributed by atoms with E-state index in [0.717, 1.165) is 32.5 Å². The lowest BCUT2D eigenvalue weighted by Gasteiger charge is -2.40. The van der Waals surface area contributed by atoms with Crippen molar-refractivity contribution in [1.82, 2.24) is 10.2 Å². The zero-order valence-corrected chi connectivity index (χ0v) is 13.6. The molecule has 2 fully saturated rings. The highest BCUT2D eigenvalue weighted by Crippen LogP contribution is 2.41. The van der Waals surface area contributed by atoms with E-state index in [1.807, 2.05) is 0 Å². The first-order valence-corrected chi connectivity index (χ1v) is 8.57. The molecule has 1 N–H and O–H groups in total. The summed E-state index contributed by atoms with van der Waals surface area (Å²) in [5.41, 5.74) is 0.185. The van der Waals surface area contributed by atoms with Crippen LogP contribution in [0.15, 0.2) is 0 Å². The van der Waals surface area contributed by atoms with Gasteiger partial charge in [0.25, 0.3) is 0 Å². The Bertz CT molecular complexity index is 321. The smallest absolute Gasteiger partial charge is 0.226 e. The van der Waals surface area contributed by atoms with Gasteiger partial charge < -0.3 is 10.2 Å². The van der Waals surface area contributed by atoms with Crippen molar-refractivity contribution in [2.45, 2.75) is 71.8 Å². The van der Waals surface area contributed by atoms with E-state index in [1.54, 1.807) is 0 Å². The Morgan fingerprint density at radius 1 is 1.25 bits per heavy atom. The molecule has 1 saturated heterocycles. The first-order chi connectivity index (χ1) is 9.54. The molecule has 1 amide bonds. The predicted molar refractivity (Wildman–Crippen MR) is 83.6 cm³/mol. The van der Waals surface area contributed by atoms with Crippen molar-refractivity contribution in [3.63, 3.8) is 0 Å². The Hall–Kier alpha value is -0.570. The van der Waals surface area contributed by atoms with Crippen LogP contribution in [0.5, 0.6) is 0 Å². The van der Waals surface area contributed by atoms with Crippen molar-refractivity contribution < 1.29 is 4.79 Å². The summed E-state index contributed by atoms with van der Waals surface area (Å²) in [6.07, 6.45) is 8.34. The van der Waals surface area contributed by atoms with Gasteiger partial charge in [0.15, 0.2) is 0 Å². The Morgan fingerprint density at radius 2 is 2.05 bits per heavy atom. The molecule has 0 aromatic heterocycles. The molecule has 0 bridgehead atoms. The number of amides is 1. The van der Waals surface area contributed by atoms with Crippen LogP contribution >= 0.6 is 0 Å². The van der Waals surface area contributed by atoms with Crippen LogP contribution in [0.2, 0.25) is 0 Å². The number of carbonyl (C=O) groups is 1. The van der Waals surface area contributed by atoms with Gasteiger partial charge in [-0.25, -0.2) is 0 Å². The summed E-state index contributed by atoms with van der Waals surface area (Å²) in [4.78, 5) is 15.1. The normalized spacial score (nSPS) is 29.4. The molecule has 2 rings (SSSR count). The van der Waals surface area contributed by atoms with Crippen LogP contribution in [0.3, 0.4) is 0 Å². The third-order valence-corrected chi connectivity index (χ3v) is 5.21. The Morgan fingerprint density at radius 3 is 2.65 bits per heavy atom. The van der Waals surface area contributed by atoms with E-state index in [2.05, 4.69) is 31.0 Å². The minimum atomic E-state index is 0.185. The molecule has 3 nitrogen and oxygen atoms in total. The van der Waals surface area contributed by atoms with E-state index < -0.39 is 0 Å². The molecule has 0 aromatic rings. The zero-order chi connectivity index (χ0) is 14.6. The van der Waals surface area contributed by atoms with Crippen molar-refractivity contribution in [3.8, 4) is 0 Å². The minimum absolute atomic E-state index is 0.185. The Labute approximate surface area is 124 Å². The van der Waals surface area contributed by atoms with Crippen LogP contribution in [0.25, 0.3) is 0 Å². The fourth-order valence-electron chi connectivity index (χ4n) is 3.91. The van der Waals surface area contributed by atoms with E-state index in [0.29, 0.717) is 11.9 Å². The summed E-state index contributed by atoms with van der Waals surface area (Å²) in [6.45, 7) is 9.70. The third kappa shape index (κ3) is 3.75. The van der Waals surface area contributed by atoms with Crippen LogP contribution in [0.1, 0.15) is 65.7 Å². The molecule has 1 aliphatic carbocycles. The lowest BCUT2D eigenvalue weighted by Crippen LogP contribution is -2.48. The van der Waals surface area contributed by atoms with E-state index in [-0.39, 0.29) is 11.3 Å². The van der Waals surface area contributed by atoms with Crippen molar-refractivity contribution in [2.75, 3.05) is 19.6 Å². The largest absolute Gasteiger partial charge is 0.341 e. The number of nitrogens with zero attached hydrogens (tertiary/aromatic N) is 1. The number of hydrogen-bond acceptors (Lipinski definition) is 2. The first-order valence-electron chi connectivity index (χ1n) is 8.57. The molecule has 1 heterocycles. The molecule has 1 aliphatic heterocycles. The molecule has 116 valence electrons. The highest BCUT2D eigenvalue weighted by molar-refractivity contribution is 5.79. The van der Waals surface area contributed by atoms with Gasteiger partial charge >= 0.3 is 0 Å². The lowest BCUT2D eigenvalue weighted by atomic mass is 9.68. The quantitative estimate of drug-likeness (QED) is 0.839. The first kappa shape index (κ1) is 15.8. The van der Waals surface area contributed by atoms with Gasteiger partial charge in [-0.05, 0) is 44.1 Å². The molecule has 0 spiro atoms. The van der Waals surface area contributed by atoms with Crippen LogP contribution in [0, 0.1) is 11.3 Å². The van der Waals surface area contributed by atoms with Gasteiger partial charge in [-0.2, -0.15) is 0 Å². The second-order valence-electron chi connectivity index (χ2n) is 7.36. The molecule has 3 heteroatoms. The fourth-order valence-corrected chi connectivity index (χ4v) is 3.91. The maximum absolute atomic E-state index is 13.0. The summed E-state index contributed by atoms with van der Waals surface area (Å²) >= 11 is 0. The average Bonchev–Trinajstić information content (AvgIpc) is 2.90. The third-order valence-electron chi connectivity index (χ3n) is 5.21. The summed E-state index contributed by atoms with van der Waals surface area (Å²) in [5, 5.41) is 3.53. The number of carbonyl (C=O) groups excluding carboxylic acids is 1. The van der Waals surface area contributed by atoms with E-state index in [9.17, 15) is 4.79 Å². The number of hydrogen-bond donors (Lipinski definition) is 1. The van der Waals surface area contributed by atoms with Gasteiger partial charge in [-0.3, -0.25) is 4.79 Å². The van der Waals surface area contributed by atoms with Gasteiger partial charge in [0.2, 0.25) is 5.91 Å². The standard InChI is InChI=1S/C17H32N2O/c1-4-12-19(13-14-8-7-11-18-14)16(20)15-9-5-6-10-17(15,2)3/h14-15,18H,4-13H2,1-3H3. The van der Waals surface area contributed by atoms with E-state index >= 15 is 0 Å². The molecule has 0 aromatic carbocycles. The molecule has 1 saturated carbocycles. The van der Waals surface area contributed by atoms with Gasteiger partial charge in [0, 0.05) is 25.0 Å². The predicted octanol–water partition coefficient (Wildman–Crippen LogP) is 3.19. The fraction of sp³-hybridized carbons (Fsp3) is 0.941. The molecule has 2 atom stereocenters. The molecule has 20 heavy (non-hydrogen) atoms. The van der Waals surface area contributed by atoms with Crippen LogP contribution in [-0.4, -0.2) is 36.5 Å². The summed E-state index contributed by atoms with van der Waals surface area (Å²) in [7, 11) is 0. The molecular formula is C17H32N2O. The van der Waals surface area contributed by atoms with Gasteiger partial charge in [0.1, 0.15) is 0 Å². The number of nitrogens with one attached hydrogen (secondary N) is 1. The van der Waals surface area contributed by atoms with Crippen molar-refractivity contribution in [3.05, 3.63) is 0 Å². The maximum atomic E-state index is 13.0. The van der Waals surface area contributed by atoms with Crippen LogP contribution in [0.4, 0.5) is 0 Å². The number of rotatable bonds is 5. The monoisotopic (exact) mass is 280 g/mol. The Kier molecular flexibility index (Phi) is 5.48. The minimum Gasteiger partial charge on any atom is -0.341 e. The highest BCUT2D eigenvalue weighted by atomic mass is 16.2. The highest BCUT2D eigenvalue weighted by Gasteiger charge is 2.39. The van der Waals surface area contributed by atoms with Gasteiger partial charge in [-0.1, -0.05) is 33.6 Å². The zero-order valence-electron chi connectivity index (χ0n) is 13.6. The maximum Gasteiger partial charge on any atom is 0.226 e. The summed E-state index contributed by atoms with van der Waals surface area (Å²) in [6, 6.07) is 0.525.